The normalized spacial score (nSPS) is 30.3. The van der Waals surface area contributed by atoms with Gasteiger partial charge in [-0.25, -0.2) is 0 Å². The summed E-state index contributed by atoms with van der Waals surface area (Å²) in [6.45, 7) is 6.23. The van der Waals surface area contributed by atoms with Gasteiger partial charge in [0.2, 0.25) is 5.91 Å². The second-order valence-electron chi connectivity index (χ2n) is 4.72. The van der Waals surface area contributed by atoms with Crippen LogP contribution in [0.2, 0.25) is 0 Å². The Morgan fingerprint density at radius 1 is 1.54 bits per heavy atom. The molecule has 3 heteroatoms. The second kappa shape index (κ2) is 2.56. The molecule has 72 valence electrons. The second-order valence-corrected chi connectivity index (χ2v) is 4.72. The van der Waals surface area contributed by atoms with E-state index < -0.39 is 0 Å². The number of carbonyl (C=O) groups is 1. The Labute approximate surface area is 78.6 Å². The van der Waals surface area contributed by atoms with E-state index in [4.69, 9.17) is 0 Å². The van der Waals surface area contributed by atoms with Crippen LogP contribution in [0, 0.1) is 11.3 Å². The third kappa shape index (κ3) is 1.36. The maximum atomic E-state index is 11.5. The summed E-state index contributed by atoms with van der Waals surface area (Å²) >= 11 is 0. The fourth-order valence-electron chi connectivity index (χ4n) is 1.60. The molecule has 1 unspecified atom stereocenters. The Morgan fingerprint density at radius 2 is 2.15 bits per heavy atom. The molecule has 13 heavy (non-hydrogen) atoms. The van der Waals surface area contributed by atoms with Crippen LogP contribution in [0.25, 0.3) is 0 Å². The lowest BCUT2D eigenvalue weighted by Gasteiger charge is -2.06. The molecule has 0 aromatic rings. The number of amides is 1. The zero-order valence-corrected chi connectivity index (χ0v) is 8.42. The van der Waals surface area contributed by atoms with E-state index >= 15 is 0 Å². The highest BCUT2D eigenvalue weighted by Gasteiger charge is 2.46. The highest BCUT2D eigenvalue weighted by Crippen LogP contribution is 2.46. The van der Waals surface area contributed by atoms with Gasteiger partial charge in [-0.15, -0.1) is 0 Å². The minimum atomic E-state index is -0.146. The maximum absolute atomic E-state index is 11.5. The zero-order chi connectivity index (χ0) is 9.64. The number of nitrogens with zero attached hydrogens (tertiary/aromatic N) is 1. The number of aliphatic imine (C=N–C) groups is 1. The molecule has 1 N–H and O–H groups in total. The fraction of sp³-hybridized carbons (Fsp3) is 0.800. The van der Waals surface area contributed by atoms with Crippen molar-refractivity contribution < 1.29 is 4.79 Å². The maximum Gasteiger partial charge on any atom is 0.250 e. The number of hydrogen-bond acceptors (Lipinski definition) is 2. The Morgan fingerprint density at radius 3 is 2.54 bits per heavy atom. The fourth-order valence-corrected chi connectivity index (χ4v) is 1.60. The minimum absolute atomic E-state index is 0.0816. The molecule has 1 aliphatic heterocycles. The van der Waals surface area contributed by atoms with E-state index in [1.165, 1.54) is 0 Å². The van der Waals surface area contributed by atoms with Gasteiger partial charge in [0.25, 0.3) is 0 Å². The predicted molar refractivity (Wildman–Crippen MR) is 51.5 cm³/mol. The smallest absolute Gasteiger partial charge is 0.250 e. The average molecular weight is 180 g/mol. The Kier molecular flexibility index (Phi) is 1.72. The molecule has 0 saturated heterocycles. The molecular formula is C10H16N2O. The Bertz CT molecular complexity index is 277. The average Bonchev–Trinajstić information content (AvgIpc) is 2.63. The van der Waals surface area contributed by atoms with Crippen molar-refractivity contribution in [3.8, 4) is 0 Å². The van der Waals surface area contributed by atoms with Crippen molar-refractivity contribution >= 4 is 11.7 Å². The number of amidine groups is 1. The van der Waals surface area contributed by atoms with Gasteiger partial charge in [-0.05, 0) is 18.8 Å². The summed E-state index contributed by atoms with van der Waals surface area (Å²) in [5.74, 6) is 1.31. The molecular weight excluding hydrogens is 164 g/mol. The Balaban J connectivity index is 2.16. The molecule has 0 spiro atoms. The van der Waals surface area contributed by atoms with Gasteiger partial charge in [-0.1, -0.05) is 20.8 Å². The molecule has 2 rings (SSSR count). The van der Waals surface area contributed by atoms with Crippen LogP contribution < -0.4 is 5.32 Å². The van der Waals surface area contributed by atoms with Crippen LogP contribution in [0.4, 0.5) is 0 Å². The molecule has 3 nitrogen and oxygen atoms in total. The first-order valence-corrected chi connectivity index (χ1v) is 4.92. The van der Waals surface area contributed by atoms with Crippen molar-refractivity contribution in [2.45, 2.75) is 39.7 Å². The van der Waals surface area contributed by atoms with E-state index in [1.807, 2.05) is 13.8 Å². The summed E-state index contributed by atoms with van der Waals surface area (Å²) in [6, 6.07) is -0.146. The highest BCUT2D eigenvalue weighted by molar-refractivity contribution is 6.09. The van der Waals surface area contributed by atoms with Crippen molar-refractivity contribution in [3.63, 3.8) is 0 Å². The molecule has 2 aliphatic rings. The summed E-state index contributed by atoms with van der Waals surface area (Å²) < 4.78 is 0. The third-order valence-electron chi connectivity index (χ3n) is 2.98. The molecule has 1 saturated carbocycles. The van der Waals surface area contributed by atoms with Gasteiger partial charge < -0.3 is 5.32 Å². The van der Waals surface area contributed by atoms with E-state index in [1.54, 1.807) is 0 Å². The first-order valence-electron chi connectivity index (χ1n) is 4.92. The standard InChI is InChI=1S/C10H16N2O/c1-6(2)7-8(13)12-9(11-7)10(3)4-5-10/h6-7H,4-5H2,1-3H3,(H,11,12,13). The number of rotatable bonds is 2. The zero-order valence-electron chi connectivity index (χ0n) is 8.42. The molecule has 1 heterocycles. The van der Waals surface area contributed by atoms with E-state index in [0.717, 1.165) is 18.7 Å². The molecule has 1 amide bonds. The van der Waals surface area contributed by atoms with Crippen molar-refractivity contribution in [3.05, 3.63) is 0 Å². The molecule has 1 atom stereocenters. The summed E-state index contributed by atoms with van der Waals surface area (Å²) in [6.07, 6.45) is 2.33. The molecule has 0 aromatic carbocycles. The van der Waals surface area contributed by atoms with Crippen LogP contribution in [0.3, 0.4) is 0 Å². The van der Waals surface area contributed by atoms with Gasteiger partial charge in [0.05, 0.1) is 0 Å². The van der Waals surface area contributed by atoms with Crippen molar-refractivity contribution in [1.82, 2.24) is 5.32 Å². The monoisotopic (exact) mass is 180 g/mol. The van der Waals surface area contributed by atoms with Crippen LogP contribution in [-0.4, -0.2) is 17.8 Å². The van der Waals surface area contributed by atoms with Gasteiger partial charge in [-0.3, -0.25) is 9.79 Å². The number of hydrogen-bond donors (Lipinski definition) is 1. The van der Waals surface area contributed by atoms with E-state index in [-0.39, 0.29) is 17.4 Å². The lowest BCUT2D eigenvalue weighted by Crippen LogP contribution is -2.34. The van der Waals surface area contributed by atoms with Crippen LogP contribution in [0.1, 0.15) is 33.6 Å². The van der Waals surface area contributed by atoms with Gasteiger partial charge in [0.15, 0.2) is 0 Å². The predicted octanol–water partition coefficient (Wildman–Crippen LogP) is 1.34. The van der Waals surface area contributed by atoms with Gasteiger partial charge in [-0.2, -0.15) is 0 Å². The van der Waals surface area contributed by atoms with E-state index in [9.17, 15) is 4.79 Å². The summed E-state index contributed by atoms with van der Waals surface area (Å²) in [4.78, 5) is 15.9. The van der Waals surface area contributed by atoms with Crippen molar-refractivity contribution in [1.29, 1.82) is 0 Å². The molecule has 1 fully saturated rings. The first kappa shape index (κ1) is 8.73. The molecule has 0 bridgehead atoms. The third-order valence-corrected chi connectivity index (χ3v) is 2.98. The summed E-state index contributed by atoms with van der Waals surface area (Å²) in [7, 11) is 0. The number of carbonyl (C=O) groups excluding carboxylic acids is 1. The van der Waals surface area contributed by atoms with Gasteiger partial charge in [0.1, 0.15) is 11.9 Å². The van der Waals surface area contributed by atoms with Gasteiger partial charge in [0, 0.05) is 5.41 Å². The van der Waals surface area contributed by atoms with Crippen LogP contribution in [0.15, 0.2) is 4.99 Å². The van der Waals surface area contributed by atoms with Gasteiger partial charge >= 0.3 is 0 Å². The lowest BCUT2D eigenvalue weighted by molar-refractivity contribution is -0.120. The lowest BCUT2D eigenvalue weighted by atomic mass is 10.1. The molecule has 0 radical (unpaired) electrons. The topological polar surface area (TPSA) is 41.5 Å². The number of nitrogens with one attached hydrogen (secondary N) is 1. The highest BCUT2D eigenvalue weighted by atomic mass is 16.2. The minimum Gasteiger partial charge on any atom is -0.312 e. The van der Waals surface area contributed by atoms with Crippen molar-refractivity contribution in [2.24, 2.45) is 16.3 Å². The summed E-state index contributed by atoms with van der Waals surface area (Å²) in [5.41, 5.74) is 0.194. The largest absolute Gasteiger partial charge is 0.312 e. The van der Waals surface area contributed by atoms with Crippen LogP contribution in [-0.2, 0) is 4.79 Å². The van der Waals surface area contributed by atoms with Crippen LogP contribution >= 0.6 is 0 Å². The quantitative estimate of drug-likeness (QED) is 0.684. The SMILES string of the molecule is CC(C)C1N=C(C2(C)CC2)NC1=O. The first-order chi connectivity index (χ1) is 6.03. The van der Waals surface area contributed by atoms with E-state index in [0.29, 0.717) is 5.92 Å². The molecule has 1 aliphatic carbocycles. The van der Waals surface area contributed by atoms with Crippen LogP contribution in [0.5, 0.6) is 0 Å². The van der Waals surface area contributed by atoms with Crippen molar-refractivity contribution in [2.75, 3.05) is 0 Å². The molecule has 0 aromatic heterocycles. The van der Waals surface area contributed by atoms with E-state index in [2.05, 4.69) is 17.2 Å². The summed E-state index contributed by atoms with van der Waals surface area (Å²) in [5, 5.41) is 2.90. The Hall–Kier alpha value is -0.860.